The number of hydrogen-bond donors (Lipinski definition) is 1. The molecule has 0 atom stereocenters. The number of carbonyl (C=O) groups excluding carboxylic acids is 1. The zero-order valence-corrected chi connectivity index (χ0v) is 15.0. The molecule has 3 nitrogen and oxygen atoms in total. The van der Waals surface area contributed by atoms with Gasteiger partial charge < -0.3 is 10.5 Å². The molecule has 134 valence electrons. The first-order valence-corrected chi connectivity index (χ1v) is 9.16. The van der Waals surface area contributed by atoms with Gasteiger partial charge in [-0.15, -0.1) is 0 Å². The van der Waals surface area contributed by atoms with Crippen molar-refractivity contribution in [1.29, 1.82) is 0 Å². The van der Waals surface area contributed by atoms with Crippen molar-refractivity contribution >= 4 is 17.2 Å². The van der Waals surface area contributed by atoms with Crippen molar-refractivity contribution < 1.29 is 9.53 Å². The predicted molar refractivity (Wildman–Crippen MR) is 109 cm³/mol. The fourth-order valence-corrected chi connectivity index (χ4v) is 3.35. The first-order chi connectivity index (χ1) is 13.2. The highest BCUT2D eigenvalue weighted by atomic mass is 16.5. The summed E-state index contributed by atoms with van der Waals surface area (Å²) in [7, 11) is 0. The summed E-state index contributed by atoms with van der Waals surface area (Å²) in [5.74, 6) is 1.43. The second-order valence-corrected chi connectivity index (χ2v) is 6.74. The second-order valence-electron chi connectivity index (χ2n) is 6.74. The molecule has 0 spiro atoms. The number of benzene rings is 3. The van der Waals surface area contributed by atoms with Crippen LogP contribution in [0.4, 0.5) is 5.69 Å². The summed E-state index contributed by atoms with van der Waals surface area (Å²) in [5.41, 5.74) is 10.8. The number of ether oxygens (including phenoxy) is 1. The lowest BCUT2D eigenvalue weighted by molar-refractivity contribution is -0.114. The van der Waals surface area contributed by atoms with E-state index in [0.29, 0.717) is 17.9 Å². The molecule has 3 aromatic rings. The standard InChI is InChI=1S/C24H21NO2/c25-20-13-11-17(12-14-20)19-7-4-9-22(15-19)27-24-16-21(26)8-3-6-18-5-1-2-10-23(18)24/h1-2,4-5,7,9-16H,3,6,8,25H2. The number of nitrogen functional groups attached to an aromatic ring is 1. The highest BCUT2D eigenvalue weighted by Crippen LogP contribution is 2.30. The van der Waals surface area contributed by atoms with Crippen molar-refractivity contribution in [2.75, 3.05) is 5.73 Å². The van der Waals surface area contributed by atoms with Crippen molar-refractivity contribution in [1.82, 2.24) is 0 Å². The molecular weight excluding hydrogens is 334 g/mol. The number of nitrogens with two attached hydrogens (primary N) is 1. The Kier molecular flexibility index (Phi) is 4.75. The molecule has 4 rings (SSSR count). The Balaban J connectivity index is 1.68. The van der Waals surface area contributed by atoms with E-state index in [4.69, 9.17) is 10.5 Å². The Bertz CT molecular complexity index is 1000. The Morgan fingerprint density at radius 2 is 1.63 bits per heavy atom. The summed E-state index contributed by atoms with van der Waals surface area (Å²) in [6.07, 6.45) is 3.93. The minimum atomic E-state index is 0.106. The lowest BCUT2D eigenvalue weighted by Gasteiger charge is -2.17. The van der Waals surface area contributed by atoms with Crippen LogP contribution in [0.2, 0.25) is 0 Å². The summed E-state index contributed by atoms with van der Waals surface area (Å²) in [6, 6.07) is 23.8. The summed E-state index contributed by atoms with van der Waals surface area (Å²) >= 11 is 0. The maximum atomic E-state index is 12.2. The number of hydrogen-bond acceptors (Lipinski definition) is 3. The van der Waals surface area contributed by atoms with E-state index in [1.807, 2.05) is 66.7 Å². The van der Waals surface area contributed by atoms with E-state index in [1.165, 1.54) is 5.56 Å². The van der Waals surface area contributed by atoms with Crippen LogP contribution < -0.4 is 10.5 Å². The molecular formula is C24H21NO2. The van der Waals surface area contributed by atoms with Gasteiger partial charge in [0.1, 0.15) is 11.5 Å². The van der Waals surface area contributed by atoms with E-state index < -0.39 is 0 Å². The highest BCUT2D eigenvalue weighted by Gasteiger charge is 2.15. The zero-order valence-electron chi connectivity index (χ0n) is 15.0. The maximum Gasteiger partial charge on any atom is 0.159 e. The predicted octanol–water partition coefficient (Wildman–Crippen LogP) is 5.26. The molecule has 0 amide bonds. The lowest BCUT2D eigenvalue weighted by atomic mass is 9.96. The second kappa shape index (κ2) is 7.50. The van der Waals surface area contributed by atoms with Crippen LogP contribution in [-0.2, 0) is 11.2 Å². The van der Waals surface area contributed by atoms with Crippen LogP contribution in [-0.4, -0.2) is 5.78 Å². The molecule has 1 aliphatic rings. The third-order valence-electron chi connectivity index (χ3n) is 4.75. The fourth-order valence-electron chi connectivity index (χ4n) is 3.35. The van der Waals surface area contributed by atoms with Gasteiger partial charge in [0.25, 0.3) is 0 Å². The van der Waals surface area contributed by atoms with Crippen LogP contribution in [0, 0.1) is 0 Å². The molecule has 0 saturated heterocycles. The van der Waals surface area contributed by atoms with Crippen molar-refractivity contribution in [3.8, 4) is 16.9 Å². The smallest absolute Gasteiger partial charge is 0.159 e. The van der Waals surface area contributed by atoms with Crippen LogP contribution in [0.3, 0.4) is 0 Å². The van der Waals surface area contributed by atoms with Crippen molar-refractivity contribution in [2.45, 2.75) is 19.3 Å². The fraction of sp³-hybridized carbons (Fsp3) is 0.125. The lowest BCUT2D eigenvalue weighted by Crippen LogP contribution is -2.07. The number of carbonyl (C=O) groups is 1. The number of anilines is 1. The third-order valence-corrected chi connectivity index (χ3v) is 4.75. The number of rotatable bonds is 3. The third kappa shape index (κ3) is 3.93. The summed E-state index contributed by atoms with van der Waals surface area (Å²) < 4.78 is 6.19. The Hall–Kier alpha value is -3.33. The van der Waals surface area contributed by atoms with Crippen molar-refractivity contribution in [3.05, 3.63) is 90.0 Å². The molecule has 2 N–H and O–H groups in total. The summed E-state index contributed by atoms with van der Waals surface area (Å²) in [4.78, 5) is 12.2. The van der Waals surface area contributed by atoms with E-state index in [1.54, 1.807) is 6.08 Å². The number of ketones is 1. The number of fused-ring (bicyclic) bond motifs is 1. The molecule has 0 radical (unpaired) electrons. The molecule has 0 aromatic heterocycles. The van der Waals surface area contributed by atoms with Crippen LogP contribution in [0.25, 0.3) is 16.9 Å². The average molecular weight is 355 g/mol. The van der Waals surface area contributed by atoms with Crippen LogP contribution in [0.15, 0.2) is 78.9 Å². The molecule has 0 heterocycles. The molecule has 0 fully saturated rings. The van der Waals surface area contributed by atoms with E-state index in [-0.39, 0.29) is 5.78 Å². The maximum absolute atomic E-state index is 12.2. The summed E-state index contributed by atoms with van der Waals surface area (Å²) in [6.45, 7) is 0. The van der Waals surface area contributed by atoms with Crippen molar-refractivity contribution in [3.63, 3.8) is 0 Å². The molecule has 1 aliphatic carbocycles. The van der Waals surface area contributed by atoms with Gasteiger partial charge >= 0.3 is 0 Å². The number of allylic oxidation sites excluding steroid dienone is 1. The molecule has 0 aliphatic heterocycles. The topological polar surface area (TPSA) is 52.3 Å². The molecule has 27 heavy (non-hydrogen) atoms. The molecule has 0 unspecified atom stereocenters. The van der Waals surface area contributed by atoms with Crippen molar-refractivity contribution in [2.24, 2.45) is 0 Å². The van der Waals surface area contributed by atoms with Gasteiger partial charge in [-0.3, -0.25) is 4.79 Å². The van der Waals surface area contributed by atoms with Gasteiger partial charge in [0.05, 0.1) is 0 Å². The largest absolute Gasteiger partial charge is 0.457 e. The zero-order chi connectivity index (χ0) is 18.6. The van der Waals surface area contributed by atoms with E-state index >= 15 is 0 Å². The molecule has 0 bridgehead atoms. The normalized spacial score (nSPS) is 13.9. The van der Waals surface area contributed by atoms with Gasteiger partial charge in [-0.25, -0.2) is 0 Å². The first kappa shape index (κ1) is 17.1. The van der Waals surface area contributed by atoms with Crippen LogP contribution in [0.5, 0.6) is 5.75 Å². The van der Waals surface area contributed by atoms with Gasteiger partial charge in [-0.1, -0.05) is 48.5 Å². The van der Waals surface area contributed by atoms with Gasteiger partial charge in [0, 0.05) is 23.7 Å². The van der Waals surface area contributed by atoms with Gasteiger partial charge in [0.2, 0.25) is 0 Å². The molecule has 3 heteroatoms. The minimum Gasteiger partial charge on any atom is -0.457 e. The minimum absolute atomic E-state index is 0.106. The monoisotopic (exact) mass is 355 g/mol. The Morgan fingerprint density at radius 1 is 0.815 bits per heavy atom. The van der Waals surface area contributed by atoms with Gasteiger partial charge in [0.15, 0.2) is 5.78 Å². The van der Waals surface area contributed by atoms with Gasteiger partial charge in [-0.05, 0) is 53.8 Å². The van der Waals surface area contributed by atoms with Crippen LogP contribution in [0.1, 0.15) is 24.0 Å². The highest BCUT2D eigenvalue weighted by molar-refractivity contribution is 5.96. The van der Waals surface area contributed by atoms with Gasteiger partial charge in [-0.2, -0.15) is 0 Å². The van der Waals surface area contributed by atoms with E-state index in [0.717, 1.165) is 35.2 Å². The Morgan fingerprint density at radius 3 is 2.48 bits per heavy atom. The first-order valence-electron chi connectivity index (χ1n) is 9.16. The Labute approximate surface area is 159 Å². The molecule has 3 aromatic carbocycles. The summed E-state index contributed by atoms with van der Waals surface area (Å²) in [5, 5.41) is 0. The van der Waals surface area contributed by atoms with Crippen LogP contribution >= 0.6 is 0 Å². The number of aryl methyl sites for hydroxylation is 1. The SMILES string of the molecule is Nc1ccc(-c2cccc(OC3=CC(=O)CCCc4ccccc43)c2)cc1. The molecule has 0 saturated carbocycles. The van der Waals surface area contributed by atoms with E-state index in [9.17, 15) is 4.79 Å². The van der Waals surface area contributed by atoms with E-state index in [2.05, 4.69) is 6.07 Å². The quantitative estimate of drug-likeness (QED) is 0.652. The average Bonchev–Trinajstić information content (AvgIpc) is 2.67.